The molecule has 0 heterocycles. The van der Waals surface area contributed by atoms with Crippen molar-refractivity contribution in [1.29, 1.82) is 0 Å². The fourth-order valence-electron chi connectivity index (χ4n) is 1.38. The van der Waals surface area contributed by atoms with Crippen molar-refractivity contribution >= 4 is 11.6 Å². The molecule has 0 aliphatic rings. The zero-order chi connectivity index (χ0) is 9.68. The predicted molar refractivity (Wildman–Crippen MR) is 59.1 cm³/mol. The highest BCUT2D eigenvalue weighted by Gasteiger charge is 2.02. The van der Waals surface area contributed by atoms with Crippen LogP contribution in [0.4, 0.5) is 0 Å². The van der Waals surface area contributed by atoms with Gasteiger partial charge in [0.25, 0.3) is 0 Å². The molecule has 0 aromatic heterocycles. The van der Waals surface area contributed by atoms with Crippen LogP contribution < -0.4 is 0 Å². The molecule has 1 radical (unpaired) electrons. The summed E-state index contributed by atoms with van der Waals surface area (Å²) in [4.78, 5) is 0. The quantitative estimate of drug-likeness (QED) is 0.632. The van der Waals surface area contributed by atoms with E-state index in [4.69, 9.17) is 11.6 Å². The maximum Gasteiger partial charge on any atom is 0.0440 e. The number of hydrogen-bond acceptors (Lipinski definition) is 0. The Bertz CT molecular complexity index is 246. The monoisotopic (exact) mass is 195 g/mol. The van der Waals surface area contributed by atoms with Crippen LogP contribution >= 0.6 is 11.6 Å². The fourth-order valence-corrected chi connectivity index (χ4v) is 1.67. The van der Waals surface area contributed by atoms with Gasteiger partial charge in [0.2, 0.25) is 0 Å². The van der Waals surface area contributed by atoms with Gasteiger partial charge in [0, 0.05) is 5.02 Å². The van der Waals surface area contributed by atoms with E-state index in [0.717, 1.165) is 11.4 Å². The molecular formula is C12H16Cl. The highest BCUT2D eigenvalue weighted by Crippen LogP contribution is 2.21. The molecule has 71 valence electrons. The molecule has 0 unspecified atom stereocenters. The highest BCUT2D eigenvalue weighted by molar-refractivity contribution is 6.31. The lowest BCUT2D eigenvalue weighted by atomic mass is 10.0. The molecule has 1 rings (SSSR count). The summed E-state index contributed by atoms with van der Waals surface area (Å²) in [6.45, 7) is 4.30. The average molecular weight is 196 g/mol. The van der Waals surface area contributed by atoms with Crippen LogP contribution in [0.5, 0.6) is 0 Å². The molecule has 0 saturated heterocycles. The summed E-state index contributed by atoms with van der Waals surface area (Å²) in [5.41, 5.74) is 2.57. The summed E-state index contributed by atoms with van der Waals surface area (Å²) in [5, 5.41) is 0.896. The molecule has 0 N–H and O–H groups in total. The zero-order valence-corrected chi connectivity index (χ0v) is 9.06. The minimum absolute atomic E-state index is 0.896. The second-order valence-electron chi connectivity index (χ2n) is 3.32. The molecule has 0 spiro atoms. The molecule has 0 aliphatic heterocycles. The van der Waals surface area contributed by atoms with Crippen molar-refractivity contribution in [1.82, 2.24) is 0 Å². The van der Waals surface area contributed by atoms with Gasteiger partial charge >= 0.3 is 0 Å². The summed E-state index contributed by atoms with van der Waals surface area (Å²) in [6, 6.07) is 6.08. The molecular weight excluding hydrogens is 180 g/mol. The van der Waals surface area contributed by atoms with E-state index in [-0.39, 0.29) is 0 Å². The van der Waals surface area contributed by atoms with Gasteiger partial charge in [-0.25, -0.2) is 0 Å². The first-order valence-corrected chi connectivity index (χ1v) is 5.19. The van der Waals surface area contributed by atoms with Crippen LogP contribution in [0.15, 0.2) is 18.2 Å². The number of halogens is 1. The summed E-state index contributed by atoms with van der Waals surface area (Å²) < 4.78 is 0. The topological polar surface area (TPSA) is 0 Å². The normalized spacial score (nSPS) is 10.4. The van der Waals surface area contributed by atoms with Gasteiger partial charge in [-0.3, -0.25) is 0 Å². The molecule has 1 heteroatoms. The Morgan fingerprint density at radius 3 is 2.77 bits per heavy atom. The summed E-state index contributed by atoms with van der Waals surface area (Å²) >= 11 is 6.09. The zero-order valence-electron chi connectivity index (χ0n) is 8.31. The maximum absolute atomic E-state index is 6.09. The predicted octanol–water partition coefficient (Wildman–Crippen LogP) is 4.20. The molecule has 0 atom stereocenters. The van der Waals surface area contributed by atoms with Gasteiger partial charge in [-0.1, -0.05) is 43.5 Å². The summed E-state index contributed by atoms with van der Waals surface area (Å²) in [5.74, 6) is 0. The molecule has 0 bridgehead atoms. The van der Waals surface area contributed by atoms with Crippen LogP contribution in [0.1, 0.15) is 30.9 Å². The molecule has 0 amide bonds. The lowest BCUT2D eigenvalue weighted by molar-refractivity contribution is 0.862. The van der Waals surface area contributed by atoms with E-state index in [1.807, 2.05) is 12.1 Å². The molecule has 13 heavy (non-hydrogen) atoms. The lowest BCUT2D eigenvalue weighted by Gasteiger charge is -2.06. The molecule has 0 fully saturated rings. The van der Waals surface area contributed by atoms with E-state index in [9.17, 15) is 0 Å². The Morgan fingerprint density at radius 2 is 2.15 bits per heavy atom. The first kappa shape index (κ1) is 10.6. The third kappa shape index (κ3) is 3.04. The van der Waals surface area contributed by atoms with Gasteiger partial charge in [-0.05, 0) is 37.0 Å². The van der Waals surface area contributed by atoms with Crippen LogP contribution in [-0.4, -0.2) is 0 Å². The molecule has 0 saturated carbocycles. The van der Waals surface area contributed by atoms with Crippen LogP contribution in [0, 0.1) is 13.3 Å². The molecule has 0 aliphatic carbocycles. The van der Waals surface area contributed by atoms with E-state index >= 15 is 0 Å². The number of aryl methyl sites for hydroxylation is 1. The standard InChI is InChI=1S/C12H16Cl/c1-3-4-5-8-11-10(2)7-6-9-12(11)13/h5-7,9H,3-4,8H2,1-2H3. The van der Waals surface area contributed by atoms with Crippen LogP contribution in [0.3, 0.4) is 0 Å². The minimum atomic E-state index is 0.896. The third-order valence-electron chi connectivity index (χ3n) is 2.19. The average Bonchev–Trinajstić information content (AvgIpc) is 2.10. The van der Waals surface area contributed by atoms with Crippen molar-refractivity contribution in [3.8, 4) is 0 Å². The summed E-state index contributed by atoms with van der Waals surface area (Å²) in [6.07, 6.45) is 5.68. The number of rotatable bonds is 4. The molecule has 1 aromatic rings. The fraction of sp³-hybridized carbons (Fsp3) is 0.417. The van der Waals surface area contributed by atoms with E-state index in [1.54, 1.807) is 0 Å². The van der Waals surface area contributed by atoms with E-state index in [1.165, 1.54) is 24.0 Å². The van der Waals surface area contributed by atoms with E-state index in [0.29, 0.717) is 0 Å². The first-order valence-electron chi connectivity index (χ1n) is 4.81. The van der Waals surface area contributed by atoms with Gasteiger partial charge in [0.05, 0.1) is 0 Å². The summed E-state index contributed by atoms with van der Waals surface area (Å²) in [7, 11) is 0. The third-order valence-corrected chi connectivity index (χ3v) is 2.55. The maximum atomic E-state index is 6.09. The van der Waals surface area contributed by atoms with Crippen molar-refractivity contribution in [2.45, 2.75) is 33.1 Å². The Hall–Kier alpha value is -0.490. The van der Waals surface area contributed by atoms with Crippen molar-refractivity contribution in [2.24, 2.45) is 0 Å². The van der Waals surface area contributed by atoms with Crippen molar-refractivity contribution < 1.29 is 0 Å². The van der Waals surface area contributed by atoms with Gasteiger partial charge in [-0.2, -0.15) is 0 Å². The highest BCUT2D eigenvalue weighted by atomic mass is 35.5. The first-order chi connectivity index (χ1) is 6.25. The molecule has 0 nitrogen and oxygen atoms in total. The second-order valence-corrected chi connectivity index (χ2v) is 3.72. The largest absolute Gasteiger partial charge is 0.0840 e. The Labute approximate surface area is 85.9 Å². The minimum Gasteiger partial charge on any atom is -0.0840 e. The van der Waals surface area contributed by atoms with Crippen molar-refractivity contribution in [3.05, 3.63) is 40.8 Å². The van der Waals surface area contributed by atoms with Crippen molar-refractivity contribution in [3.63, 3.8) is 0 Å². The van der Waals surface area contributed by atoms with Gasteiger partial charge in [0.1, 0.15) is 0 Å². The number of benzene rings is 1. The van der Waals surface area contributed by atoms with Crippen LogP contribution in [0.2, 0.25) is 5.02 Å². The smallest absolute Gasteiger partial charge is 0.0440 e. The second kappa shape index (κ2) is 5.29. The van der Waals surface area contributed by atoms with Crippen LogP contribution in [0.25, 0.3) is 0 Å². The van der Waals surface area contributed by atoms with Crippen LogP contribution in [-0.2, 0) is 6.42 Å². The van der Waals surface area contributed by atoms with E-state index in [2.05, 4.69) is 26.3 Å². The number of unbranched alkanes of at least 4 members (excludes halogenated alkanes) is 2. The van der Waals surface area contributed by atoms with Crippen molar-refractivity contribution in [2.75, 3.05) is 0 Å². The van der Waals surface area contributed by atoms with Gasteiger partial charge in [-0.15, -0.1) is 0 Å². The Kier molecular flexibility index (Phi) is 4.31. The number of hydrogen-bond donors (Lipinski definition) is 0. The van der Waals surface area contributed by atoms with E-state index < -0.39 is 0 Å². The van der Waals surface area contributed by atoms with Gasteiger partial charge < -0.3 is 0 Å². The Balaban J connectivity index is 2.64. The lowest BCUT2D eigenvalue weighted by Crippen LogP contribution is -1.91. The van der Waals surface area contributed by atoms with Gasteiger partial charge in [0.15, 0.2) is 0 Å². The Morgan fingerprint density at radius 1 is 1.38 bits per heavy atom. The molecule has 1 aromatic carbocycles. The SMILES string of the molecule is CCC[CH]Cc1c(C)cccc1Cl.